The smallest absolute Gasteiger partial charge is 0.326 e. The SMILES string of the molecule is Cc1ccc(OC(C)C(=O)N2CC(O)CC2C(=O)O)cc1. The molecule has 2 rings (SSSR count). The molecule has 1 aromatic rings. The number of aryl methyl sites for hydroxylation is 1. The third-order valence-corrected chi connectivity index (χ3v) is 3.53. The predicted molar refractivity (Wildman–Crippen MR) is 75.0 cm³/mol. The second-order valence-electron chi connectivity index (χ2n) is 5.31. The van der Waals surface area contributed by atoms with E-state index in [9.17, 15) is 14.7 Å². The fraction of sp³-hybridized carbons (Fsp3) is 0.467. The van der Waals surface area contributed by atoms with Gasteiger partial charge in [-0.25, -0.2) is 4.79 Å². The zero-order valence-corrected chi connectivity index (χ0v) is 12.0. The molecular formula is C15H19NO5. The molecule has 0 spiro atoms. The van der Waals surface area contributed by atoms with Crippen LogP contribution in [0.4, 0.5) is 0 Å². The fourth-order valence-corrected chi connectivity index (χ4v) is 2.40. The molecule has 3 unspecified atom stereocenters. The summed E-state index contributed by atoms with van der Waals surface area (Å²) in [6.45, 7) is 3.55. The second-order valence-corrected chi connectivity index (χ2v) is 5.31. The quantitative estimate of drug-likeness (QED) is 0.858. The number of carboxylic acid groups (broad SMARTS) is 1. The number of aliphatic carboxylic acids is 1. The number of ether oxygens (including phenoxy) is 1. The molecule has 114 valence electrons. The number of aliphatic hydroxyl groups is 1. The van der Waals surface area contributed by atoms with E-state index in [2.05, 4.69) is 0 Å². The van der Waals surface area contributed by atoms with Gasteiger partial charge in [-0.15, -0.1) is 0 Å². The molecule has 3 atom stereocenters. The maximum atomic E-state index is 12.3. The lowest BCUT2D eigenvalue weighted by Gasteiger charge is -2.25. The predicted octanol–water partition coefficient (Wildman–Crippen LogP) is 0.809. The molecule has 0 radical (unpaired) electrons. The normalized spacial score (nSPS) is 22.9. The van der Waals surface area contributed by atoms with E-state index in [1.165, 1.54) is 4.90 Å². The number of β-amino-alcohol motifs (C(OH)–C–C–N with tert-alkyl or cyclic N) is 1. The Morgan fingerprint density at radius 2 is 1.95 bits per heavy atom. The summed E-state index contributed by atoms with van der Waals surface area (Å²) in [5.74, 6) is -0.991. The second kappa shape index (κ2) is 6.13. The number of carbonyl (C=O) groups excluding carboxylic acids is 1. The Morgan fingerprint density at radius 3 is 2.52 bits per heavy atom. The Labute approximate surface area is 122 Å². The number of benzene rings is 1. The number of hydrogen-bond acceptors (Lipinski definition) is 4. The molecule has 0 aromatic heterocycles. The third-order valence-electron chi connectivity index (χ3n) is 3.53. The maximum absolute atomic E-state index is 12.3. The summed E-state index contributed by atoms with van der Waals surface area (Å²) in [5, 5.41) is 18.7. The first kappa shape index (κ1) is 15.3. The summed E-state index contributed by atoms with van der Waals surface area (Å²) in [4.78, 5) is 24.6. The number of carbonyl (C=O) groups is 2. The molecule has 1 fully saturated rings. The van der Waals surface area contributed by atoms with Crippen LogP contribution in [-0.2, 0) is 9.59 Å². The molecule has 6 nitrogen and oxygen atoms in total. The van der Waals surface area contributed by atoms with Crippen molar-refractivity contribution in [3.63, 3.8) is 0 Å². The van der Waals surface area contributed by atoms with E-state index in [1.807, 2.05) is 19.1 Å². The summed E-state index contributed by atoms with van der Waals surface area (Å²) >= 11 is 0. The van der Waals surface area contributed by atoms with E-state index in [1.54, 1.807) is 19.1 Å². The molecular weight excluding hydrogens is 274 g/mol. The molecule has 0 aliphatic carbocycles. The molecule has 1 heterocycles. The van der Waals surface area contributed by atoms with Crippen molar-refractivity contribution in [3.8, 4) is 5.75 Å². The van der Waals surface area contributed by atoms with Gasteiger partial charge in [-0.1, -0.05) is 17.7 Å². The highest BCUT2D eigenvalue weighted by Crippen LogP contribution is 2.21. The Balaban J connectivity index is 2.04. The minimum absolute atomic E-state index is 0.0252. The summed E-state index contributed by atoms with van der Waals surface area (Å²) in [7, 11) is 0. The van der Waals surface area contributed by atoms with Gasteiger partial charge in [-0.3, -0.25) is 4.79 Å². The van der Waals surface area contributed by atoms with Gasteiger partial charge in [-0.2, -0.15) is 0 Å². The highest BCUT2D eigenvalue weighted by atomic mass is 16.5. The Hall–Kier alpha value is -2.08. The van der Waals surface area contributed by atoms with Crippen molar-refractivity contribution in [2.24, 2.45) is 0 Å². The van der Waals surface area contributed by atoms with Gasteiger partial charge in [0.05, 0.1) is 6.10 Å². The van der Waals surface area contributed by atoms with Crippen LogP contribution in [0.1, 0.15) is 18.9 Å². The van der Waals surface area contributed by atoms with Gasteiger partial charge >= 0.3 is 5.97 Å². The molecule has 2 N–H and O–H groups in total. The van der Waals surface area contributed by atoms with Crippen molar-refractivity contribution in [1.29, 1.82) is 0 Å². The molecule has 0 saturated carbocycles. The van der Waals surface area contributed by atoms with E-state index in [0.717, 1.165) is 5.56 Å². The molecule has 1 aliphatic heterocycles. The first-order chi connectivity index (χ1) is 9.88. The van der Waals surface area contributed by atoms with Gasteiger partial charge in [0, 0.05) is 13.0 Å². The summed E-state index contributed by atoms with van der Waals surface area (Å²) < 4.78 is 5.54. The molecule has 1 amide bonds. The van der Waals surface area contributed by atoms with Crippen molar-refractivity contribution in [2.45, 2.75) is 38.5 Å². The Morgan fingerprint density at radius 1 is 1.33 bits per heavy atom. The minimum Gasteiger partial charge on any atom is -0.481 e. The summed E-state index contributed by atoms with van der Waals surface area (Å²) in [6, 6.07) is 6.26. The average Bonchev–Trinajstić information content (AvgIpc) is 2.82. The van der Waals surface area contributed by atoms with E-state index < -0.39 is 30.1 Å². The molecule has 21 heavy (non-hydrogen) atoms. The van der Waals surface area contributed by atoms with Gasteiger partial charge < -0.3 is 19.8 Å². The monoisotopic (exact) mass is 293 g/mol. The lowest BCUT2D eigenvalue weighted by atomic mass is 10.2. The topological polar surface area (TPSA) is 87.1 Å². The van der Waals surface area contributed by atoms with Crippen LogP contribution in [0.15, 0.2) is 24.3 Å². The number of amides is 1. The van der Waals surface area contributed by atoms with E-state index in [4.69, 9.17) is 9.84 Å². The Kier molecular flexibility index (Phi) is 4.47. The molecule has 1 aromatic carbocycles. The molecule has 1 saturated heterocycles. The largest absolute Gasteiger partial charge is 0.481 e. The van der Waals surface area contributed by atoms with Crippen LogP contribution >= 0.6 is 0 Å². The van der Waals surface area contributed by atoms with Gasteiger partial charge in [0.15, 0.2) is 6.10 Å². The average molecular weight is 293 g/mol. The van der Waals surface area contributed by atoms with Crippen molar-refractivity contribution in [3.05, 3.63) is 29.8 Å². The van der Waals surface area contributed by atoms with Crippen LogP contribution in [0.2, 0.25) is 0 Å². The lowest BCUT2D eigenvalue weighted by Crippen LogP contribution is -2.46. The van der Waals surface area contributed by atoms with E-state index in [0.29, 0.717) is 5.75 Å². The van der Waals surface area contributed by atoms with Crippen molar-refractivity contribution in [2.75, 3.05) is 6.54 Å². The van der Waals surface area contributed by atoms with Crippen molar-refractivity contribution < 1.29 is 24.5 Å². The number of rotatable bonds is 4. The number of carboxylic acids is 1. The fourth-order valence-electron chi connectivity index (χ4n) is 2.40. The minimum atomic E-state index is -1.11. The van der Waals surface area contributed by atoms with Crippen LogP contribution in [0, 0.1) is 6.92 Å². The molecule has 0 bridgehead atoms. The van der Waals surface area contributed by atoms with Crippen LogP contribution in [0.3, 0.4) is 0 Å². The summed E-state index contributed by atoms with van der Waals surface area (Å²) in [5.41, 5.74) is 1.08. The zero-order chi connectivity index (χ0) is 15.6. The van der Waals surface area contributed by atoms with Gasteiger partial charge in [-0.05, 0) is 26.0 Å². The number of likely N-dealkylation sites (tertiary alicyclic amines) is 1. The van der Waals surface area contributed by atoms with E-state index >= 15 is 0 Å². The van der Waals surface area contributed by atoms with Gasteiger partial charge in [0.2, 0.25) is 0 Å². The first-order valence-corrected chi connectivity index (χ1v) is 6.83. The first-order valence-electron chi connectivity index (χ1n) is 6.83. The number of aliphatic hydroxyl groups excluding tert-OH is 1. The van der Waals surface area contributed by atoms with Crippen molar-refractivity contribution in [1.82, 2.24) is 4.90 Å². The number of hydrogen-bond donors (Lipinski definition) is 2. The van der Waals surface area contributed by atoms with Crippen LogP contribution in [0.5, 0.6) is 5.75 Å². The van der Waals surface area contributed by atoms with Crippen LogP contribution in [-0.4, -0.2) is 51.8 Å². The van der Waals surface area contributed by atoms with Crippen LogP contribution < -0.4 is 4.74 Å². The zero-order valence-electron chi connectivity index (χ0n) is 12.0. The molecule has 1 aliphatic rings. The highest BCUT2D eigenvalue weighted by Gasteiger charge is 2.40. The molecule has 6 heteroatoms. The Bertz CT molecular complexity index is 527. The maximum Gasteiger partial charge on any atom is 0.326 e. The van der Waals surface area contributed by atoms with Crippen LogP contribution in [0.25, 0.3) is 0 Å². The van der Waals surface area contributed by atoms with E-state index in [-0.39, 0.29) is 13.0 Å². The lowest BCUT2D eigenvalue weighted by molar-refractivity contribution is -0.150. The third kappa shape index (κ3) is 3.52. The standard InChI is InChI=1S/C15H19NO5/c1-9-3-5-12(6-4-9)21-10(2)14(18)16-8-11(17)7-13(16)15(19)20/h3-6,10-11,13,17H,7-8H2,1-2H3,(H,19,20). The van der Waals surface area contributed by atoms with Gasteiger partial charge in [0.25, 0.3) is 5.91 Å². The summed E-state index contributed by atoms with van der Waals surface area (Å²) in [6.07, 6.45) is -1.56. The van der Waals surface area contributed by atoms with Crippen molar-refractivity contribution >= 4 is 11.9 Å². The van der Waals surface area contributed by atoms with Gasteiger partial charge in [0.1, 0.15) is 11.8 Å². The number of nitrogens with zero attached hydrogens (tertiary/aromatic N) is 1. The highest BCUT2D eigenvalue weighted by molar-refractivity contribution is 5.87.